The lowest BCUT2D eigenvalue weighted by Gasteiger charge is -2.42. The van der Waals surface area contributed by atoms with E-state index in [1.807, 2.05) is 0 Å². The summed E-state index contributed by atoms with van der Waals surface area (Å²) in [5.74, 6) is -5.90. The van der Waals surface area contributed by atoms with Crippen LogP contribution in [0, 0.1) is 0 Å². The van der Waals surface area contributed by atoms with Crippen molar-refractivity contribution in [3.63, 3.8) is 0 Å². The molecule has 0 aromatic heterocycles. The van der Waals surface area contributed by atoms with Crippen LogP contribution >= 0.6 is 0 Å². The molecule has 2 aromatic carbocycles. The Hall–Kier alpha value is -3.31. The zero-order chi connectivity index (χ0) is 25.9. The van der Waals surface area contributed by atoms with Gasteiger partial charge in [0.1, 0.15) is 18.8 Å². The summed E-state index contributed by atoms with van der Waals surface area (Å²) >= 11 is 0. The SMILES string of the molecule is COC(=O)C1(O)C[C@H]2OC(C)(C)O[C@H]2[C@@H]([C@@H](COC(=O)c2ccccc2)OC(=O)c2ccccc2)O1. The molecule has 1 unspecified atom stereocenters. The maximum atomic E-state index is 12.9. The summed E-state index contributed by atoms with van der Waals surface area (Å²) in [5, 5.41) is 11.0. The Kier molecular flexibility index (Phi) is 7.41. The van der Waals surface area contributed by atoms with Crippen LogP contribution in [0.15, 0.2) is 60.7 Å². The molecule has 0 spiro atoms. The van der Waals surface area contributed by atoms with Crippen molar-refractivity contribution >= 4 is 17.9 Å². The van der Waals surface area contributed by atoms with Gasteiger partial charge in [-0.3, -0.25) is 0 Å². The first-order valence-corrected chi connectivity index (χ1v) is 11.4. The number of carbonyl (C=O) groups is 3. The lowest BCUT2D eigenvalue weighted by molar-refractivity contribution is -0.296. The van der Waals surface area contributed by atoms with Crippen molar-refractivity contribution in [3.8, 4) is 0 Å². The fourth-order valence-corrected chi connectivity index (χ4v) is 4.28. The summed E-state index contributed by atoms with van der Waals surface area (Å²) < 4.78 is 33.5. The molecule has 0 amide bonds. The third-order valence-electron chi connectivity index (χ3n) is 5.88. The molecular formula is C26H28O10. The van der Waals surface area contributed by atoms with Crippen LogP contribution in [0.3, 0.4) is 0 Å². The minimum Gasteiger partial charge on any atom is -0.465 e. The van der Waals surface area contributed by atoms with E-state index in [0.717, 1.165) is 7.11 Å². The second-order valence-corrected chi connectivity index (χ2v) is 8.98. The van der Waals surface area contributed by atoms with Crippen LogP contribution in [0.5, 0.6) is 0 Å². The van der Waals surface area contributed by atoms with Crippen LogP contribution in [-0.4, -0.2) is 72.7 Å². The molecule has 2 heterocycles. The van der Waals surface area contributed by atoms with Gasteiger partial charge in [-0.05, 0) is 38.1 Å². The number of aliphatic hydroxyl groups is 1. The van der Waals surface area contributed by atoms with Gasteiger partial charge in [0.15, 0.2) is 11.9 Å². The monoisotopic (exact) mass is 500 g/mol. The smallest absolute Gasteiger partial charge is 0.366 e. The molecule has 2 aliphatic heterocycles. The predicted octanol–water partition coefficient (Wildman–Crippen LogP) is 2.24. The zero-order valence-corrected chi connectivity index (χ0v) is 20.1. The fraction of sp³-hybridized carbons (Fsp3) is 0.423. The van der Waals surface area contributed by atoms with E-state index in [1.54, 1.807) is 74.5 Å². The second-order valence-electron chi connectivity index (χ2n) is 8.98. The van der Waals surface area contributed by atoms with Crippen LogP contribution < -0.4 is 0 Å². The Morgan fingerprint density at radius 3 is 2.11 bits per heavy atom. The molecular weight excluding hydrogens is 472 g/mol. The molecule has 0 aliphatic carbocycles. The topological polar surface area (TPSA) is 127 Å². The van der Waals surface area contributed by atoms with Gasteiger partial charge in [0.05, 0.1) is 24.3 Å². The summed E-state index contributed by atoms with van der Waals surface area (Å²) in [6.45, 7) is 2.89. The number of methoxy groups -OCH3 is 1. The number of esters is 3. The lowest BCUT2D eigenvalue weighted by atomic mass is 9.92. The molecule has 0 radical (unpaired) electrons. The first kappa shape index (κ1) is 25.8. The van der Waals surface area contributed by atoms with Crippen LogP contribution in [0.2, 0.25) is 0 Å². The number of fused-ring (bicyclic) bond motifs is 1. The van der Waals surface area contributed by atoms with Crippen molar-refractivity contribution in [3.05, 3.63) is 71.8 Å². The number of benzene rings is 2. The number of carbonyl (C=O) groups excluding carboxylic acids is 3. The van der Waals surface area contributed by atoms with E-state index in [4.69, 9.17) is 28.4 Å². The van der Waals surface area contributed by atoms with E-state index < -0.39 is 60.5 Å². The van der Waals surface area contributed by atoms with Crippen LogP contribution in [0.1, 0.15) is 41.0 Å². The van der Waals surface area contributed by atoms with Crippen molar-refractivity contribution in [2.24, 2.45) is 0 Å². The second kappa shape index (κ2) is 10.4. The highest BCUT2D eigenvalue weighted by Gasteiger charge is 2.60. The lowest BCUT2D eigenvalue weighted by Crippen LogP contribution is -2.61. The van der Waals surface area contributed by atoms with Gasteiger partial charge in [-0.2, -0.15) is 0 Å². The number of hydrogen-bond acceptors (Lipinski definition) is 10. The normalized spacial score (nSPS) is 27.4. The van der Waals surface area contributed by atoms with E-state index in [-0.39, 0.29) is 12.0 Å². The van der Waals surface area contributed by atoms with Crippen LogP contribution in [-0.2, 0) is 33.2 Å². The van der Waals surface area contributed by atoms with E-state index in [9.17, 15) is 19.5 Å². The Balaban J connectivity index is 1.63. The van der Waals surface area contributed by atoms with E-state index in [2.05, 4.69) is 0 Å². The Bertz CT molecular complexity index is 1090. The highest BCUT2D eigenvalue weighted by Crippen LogP contribution is 2.42. The molecule has 2 fully saturated rings. The van der Waals surface area contributed by atoms with E-state index >= 15 is 0 Å². The fourth-order valence-electron chi connectivity index (χ4n) is 4.28. The summed E-state index contributed by atoms with van der Waals surface area (Å²) in [5.41, 5.74) is 0.539. The van der Waals surface area contributed by atoms with Crippen LogP contribution in [0.4, 0.5) is 0 Å². The van der Waals surface area contributed by atoms with Crippen molar-refractivity contribution in [1.29, 1.82) is 0 Å². The van der Waals surface area contributed by atoms with E-state index in [1.165, 1.54) is 0 Å². The first-order chi connectivity index (χ1) is 17.1. The number of rotatable bonds is 7. The van der Waals surface area contributed by atoms with Gasteiger partial charge in [0, 0.05) is 6.42 Å². The Labute approximate surface area is 208 Å². The van der Waals surface area contributed by atoms with Crippen molar-refractivity contribution in [1.82, 2.24) is 0 Å². The van der Waals surface area contributed by atoms with E-state index in [0.29, 0.717) is 5.56 Å². The molecule has 2 saturated heterocycles. The van der Waals surface area contributed by atoms with Gasteiger partial charge in [0.2, 0.25) is 0 Å². The van der Waals surface area contributed by atoms with Gasteiger partial charge < -0.3 is 33.5 Å². The average molecular weight is 501 g/mol. The van der Waals surface area contributed by atoms with Crippen molar-refractivity contribution in [2.45, 2.75) is 56.3 Å². The summed E-state index contributed by atoms with van der Waals surface area (Å²) in [4.78, 5) is 38.0. The van der Waals surface area contributed by atoms with Crippen LogP contribution in [0.25, 0.3) is 0 Å². The third kappa shape index (κ3) is 5.57. The molecule has 4 rings (SSSR count). The first-order valence-electron chi connectivity index (χ1n) is 11.4. The standard InChI is InChI=1S/C26H28O10/c1-25(2)34-18-14-26(30,24(29)31-3)36-21(20(18)35-25)19(33-23(28)17-12-8-5-9-13-17)15-32-22(27)16-10-6-4-7-11-16/h4-13,18-21,30H,14-15H2,1-3H3/t18-,19-,20-,21-,26?/m1/s1. The molecule has 36 heavy (non-hydrogen) atoms. The van der Waals surface area contributed by atoms with Gasteiger partial charge in [0.25, 0.3) is 5.79 Å². The molecule has 10 heteroatoms. The van der Waals surface area contributed by atoms with Crippen molar-refractivity contribution in [2.75, 3.05) is 13.7 Å². The van der Waals surface area contributed by atoms with Gasteiger partial charge in [-0.25, -0.2) is 14.4 Å². The van der Waals surface area contributed by atoms with Gasteiger partial charge >= 0.3 is 17.9 Å². The van der Waals surface area contributed by atoms with Crippen molar-refractivity contribution < 1.29 is 47.9 Å². The minimum absolute atomic E-state index is 0.247. The summed E-state index contributed by atoms with van der Waals surface area (Å²) in [6, 6.07) is 16.5. The van der Waals surface area contributed by atoms with Gasteiger partial charge in [-0.15, -0.1) is 0 Å². The molecule has 2 aliphatic rings. The van der Waals surface area contributed by atoms with Gasteiger partial charge in [-0.1, -0.05) is 36.4 Å². The molecule has 2 aromatic rings. The largest absolute Gasteiger partial charge is 0.465 e. The summed E-state index contributed by atoms with van der Waals surface area (Å²) in [6.07, 6.45) is -4.44. The maximum absolute atomic E-state index is 12.9. The molecule has 0 saturated carbocycles. The quantitative estimate of drug-likeness (QED) is 0.447. The highest BCUT2D eigenvalue weighted by atomic mass is 16.8. The average Bonchev–Trinajstić information content (AvgIpc) is 3.19. The minimum atomic E-state index is -2.40. The Morgan fingerprint density at radius 2 is 1.53 bits per heavy atom. The molecule has 1 N–H and O–H groups in total. The Morgan fingerprint density at radius 1 is 0.944 bits per heavy atom. The maximum Gasteiger partial charge on any atom is 0.366 e. The summed E-state index contributed by atoms with van der Waals surface area (Å²) in [7, 11) is 1.11. The molecule has 192 valence electrons. The highest BCUT2D eigenvalue weighted by molar-refractivity contribution is 5.90. The molecule has 10 nitrogen and oxygen atoms in total. The molecule has 0 bridgehead atoms. The predicted molar refractivity (Wildman–Crippen MR) is 123 cm³/mol. The zero-order valence-electron chi connectivity index (χ0n) is 20.1. The molecule has 5 atom stereocenters. The third-order valence-corrected chi connectivity index (χ3v) is 5.88. The number of ether oxygens (including phenoxy) is 6. The number of hydrogen-bond donors (Lipinski definition) is 1.